The zero-order valence-corrected chi connectivity index (χ0v) is 23.5. The van der Waals surface area contributed by atoms with Gasteiger partial charge in [0.25, 0.3) is 5.91 Å². The molecule has 0 radical (unpaired) electrons. The maximum atomic E-state index is 14.4. The predicted molar refractivity (Wildman–Crippen MR) is 152 cm³/mol. The van der Waals surface area contributed by atoms with Crippen molar-refractivity contribution in [2.24, 2.45) is 12.0 Å². The highest BCUT2D eigenvalue weighted by molar-refractivity contribution is 5.98. The van der Waals surface area contributed by atoms with Gasteiger partial charge in [-0.3, -0.25) is 14.7 Å². The van der Waals surface area contributed by atoms with Crippen molar-refractivity contribution in [2.75, 3.05) is 26.2 Å². The summed E-state index contributed by atoms with van der Waals surface area (Å²) in [5, 5.41) is 0. The number of fused-ring (bicyclic) bond motifs is 1. The van der Waals surface area contributed by atoms with Crippen molar-refractivity contribution >= 4 is 28.3 Å². The molecule has 8 heteroatoms. The van der Waals surface area contributed by atoms with E-state index in [1.807, 2.05) is 48.6 Å². The van der Waals surface area contributed by atoms with Crippen molar-refractivity contribution in [3.05, 3.63) is 58.9 Å². The molecule has 1 amide bonds. The van der Waals surface area contributed by atoms with Crippen molar-refractivity contribution in [3.8, 4) is 0 Å². The SMILES string of the molecule is CC(=Nc1c(C)cc(F)cc1F)C(C)c1nc2ccc(C(=O)N3CCN(C4CCCCCC4)CC3)cc2n1C. The molecule has 2 fully saturated rings. The smallest absolute Gasteiger partial charge is 0.254 e. The van der Waals surface area contributed by atoms with Crippen molar-refractivity contribution in [1.82, 2.24) is 19.4 Å². The third-order valence-electron chi connectivity index (χ3n) is 8.63. The molecule has 0 spiro atoms. The number of hydrogen-bond acceptors (Lipinski definition) is 4. The molecule has 2 aliphatic rings. The van der Waals surface area contributed by atoms with Crippen LogP contribution < -0.4 is 0 Å². The number of piperazine rings is 1. The van der Waals surface area contributed by atoms with Crippen LogP contribution in [0.2, 0.25) is 0 Å². The van der Waals surface area contributed by atoms with E-state index >= 15 is 0 Å². The number of aromatic nitrogens is 2. The second-order valence-corrected chi connectivity index (χ2v) is 11.2. The third-order valence-corrected chi connectivity index (χ3v) is 8.63. The molecular weight excluding hydrogens is 496 g/mol. The molecule has 0 N–H and O–H groups in total. The number of hydrogen-bond donors (Lipinski definition) is 0. The van der Waals surface area contributed by atoms with E-state index in [1.165, 1.54) is 44.6 Å². The largest absolute Gasteiger partial charge is 0.336 e. The van der Waals surface area contributed by atoms with Gasteiger partial charge >= 0.3 is 0 Å². The predicted octanol–water partition coefficient (Wildman–Crippen LogP) is 6.54. The van der Waals surface area contributed by atoms with Crippen LogP contribution in [-0.4, -0.2) is 63.2 Å². The average molecular weight is 536 g/mol. The Hall–Kier alpha value is -3.13. The number of aliphatic imine (C=N–C) groups is 1. The second kappa shape index (κ2) is 11.5. The number of carbonyl (C=O) groups is 1. The zero-order chi connectivity index (χ0) is 27.7. The van der Waals surface area contributed by atoms with E-state index in [2.05, 4.69) is 9.89 Å². The molecule has 2 heterocycles. The van der Waals surface area contributed by atoms with Crippen LogP contribution in [-0.2, 0) is 7.05 Å². The number of aryl methyl sites for hydroxylation is 2. The second-order valence-electron chi connectivity index (χ2n) is 11.2. The van der Waals surface area contributed by atoms with Crippen molar-refractivity contribution in [3.63, 3.8) is 0 Å². The lowest BCUT2D eigenvalue weighted by molar-refractivity contribution is 0.0551. The summed E-state index contributed by atoms with van der Waals surface area (Å²) >= 11 is 0. The van der Waals surface area contributed by atoms with Gasteiger partial charge in [-0.25, -0.2) is 13.8 Å². The highest BCUT2D eigenvalue weighted by Crippen LogP contribution is 2.29. The van der Waals surface area contributed by atoms with E-state index in [0.29, 0.717) is 22.9 Å². The lowest BCUT2D eigenvalue weighted by Crippen LogP contribution is -2.51. The average Bonchev–Trinajstić information content (AvgIpc) is 3.08. The molecular formula is C31H39F2N5O. The Labute approximate surface area is 229 Å². The number of imidazole rings is 1. The molecule has 1 unspecified atom stereocenters. The van der Waals surface area contributed by atoms with Crippen LogP contribution in [0.15, 0.2) is 35.3 Å². The Morgan fingerprint density at radius 1 is 1.03 bits per heavy atom. The molecule has 39 heavy (non-hydrogen) atoms. The van der Waals surface area contributed by atoms with E-state index in [1.54, 1.807) is 6.92 Å². The summed E-state index contributed by atoms with van der Waals surface area (Å²) in [7, 11) is 1.93. The van der Waals surface area contributed by atoms with Crippen LogP contribution in [0.4, 0.5) is 14.5 Å². The highest BCUT2D eigenvalue weighted by Gasteiger charge is 2.27. The minimum Gasteiger partial charge on any atom is -0.336 e. The van der Waals surface area contributed by atoms with Gasteiger partial charge in [0.2, 0.25) is 0 Å². The molecule has 3 aromatic rings. The first-order valence-corrected chi connectivity index (χ1v) is 14.2. The minimum atomic E-state index is -0.678. The summed E-state index contributed by atoms with van der Waals surface area (Å²) in [5.74, 6) is -0.664. The molecule has 1 aliphatic carbocycles. The normalized spacial score (nSPS) is 18.9. The molecule has 208 valence electrons. The van der Waals surface area contributed by atoms with Gasteiger partial charge in [0, 0.05) is 56.6 Å². The number of halogens is 2. The van der Waals surface area contributed by atoms with Gasteiger partial charge in [0.1, 0.15) is 17.3 Å². The standard InChI is InChI=1S/C31H39F2N5O/c1-20-17-24(32)19-26(33)29(20)34-22(3)21(2)30-35-27-12-11-23(18-28(27)36(30)4)31(39)38-15-13-37(14-16-38)25-9-7-5-6-8-10-25/h11-12,17-19,21,25H,5-10,13-16H2,1-4H3. The van der Waals surface area contributed by atoms with Gasteiger partial charge in [0.15, 0.2) is 5.82 Å². The van der Waals surface area contributed by atoms with Crippen LogP contribution in [0.5, 0.6) is 0 Å². The molecule has 1 atom stereocenters. The fourth-order valence-corrected chi connectivity index (χ4v) is 6.12. The summed E-state index contributed by atoms with van der Waals surface area (Å²) in [6, 6.07) is 8.50. The van der Waals surface area contributed by atoms with Crippen LogP contribution >= 0.6 is 0 Å². The molecule has 0 bridgehead atoms. The number of nitrogens with zero attached hydrogens (tertiary/aromatic N) is 5. The van der Waals surface area contributed by atoms with Crippen molar-refractivity contribution in [2.45, 2.75) is 71.3 Å². The fourth-order valence-electron chi connectivity index (χ4n) is 6.12. The number of benzene rings is 2. The molecule has 1 saturated heterocycles. The number of amides is 1. The fraction of sp³-hybridized carbons (Fsp3) is 0.516. The van der Waals surface area contributed by atoms with Crippen LogP contribution in [0.1, 0.15) is 80.0 Å². The van der Waals surface area contributed by atoms with Gasteiger partial charge < -0.3 is 9.47 Å². The Balaban J connectivity index is 1.31. The van der Waals surface area contributed by atoms with E-state index in [9.17, 15) is 13.6 Å². The summed E-state index contributed by atoms with van der Waals surface area (Å²) < 4.78 is 29.9. The van der Waals surface area contributed by atoms with Gasteiger partial charge in [0.05, 0.1) is 17.0 Å². The van der Waals surface area contributed by atoms with Crippen molar-refractivity contribution < 1.29 is 13.6 Å². The first-order chi connectivity index (χ1) is 18.7. The summed E-state index contributed by atoms with van der Waals surface area (Å²) in [6.07, 6.45) is 7.92. The summed E-state index contributed by atoms with van der Waals surface area (Å²) in [5.41, 5.74) is 3.60. The van der Waals surface area contributed by atoms with Gasteiger partial charge in [-0.1, -0.05) is 32.6 Å². The van der Waals surface area contributed by atoms with E-state index in [0.717, 1.165) is 49.1 Å². The van der Waals surface area contributed by atoms with Gasteiger partial charge in [-0.2, -0.15) is 0 Å². The third kappa shape index (κ3) is 5.76. The Morgan fingerprint density at radius 2 is 1.72 bits per heavy atom. The summed E-state index contributed by atoms with van der Waals surface area (Å²) in [4.78, 5) is 27.3. The quantitative estimate of drug-likeness (QED) is 0.276. The van der Waals surface area contributed by atoms with E-state index in [-0.39, 0.29) is 17.5 Å². The van der Waals surface area contributed by atoms with Gasteiger partial charge in [-0.15, -0.1) is 0 Å². The first kappa shape index (κ1) is 27.4. The maximum Gasteiger partial charge on any atom is 0.254 e. The van der Waals surface area contributed by atoms with Crippen LogP contribution in [0, 0.1) is 18.6 Å². The van der Waals surface area contributed by atoms with Gasteiger partial charge in [-0.05, 0) is 56.5 Å². The van der Waals surface area contributed by atoms with Crippen molar-refractivity contribution in [1.29, 1.82) is 0 Å². The lowest BCUT2D eigenvalue weighted by Gasteiger charge is -2.39. The number of carbonyl (C=O) groups excluding carboxylic acids is 1. The minimum absolute atomic E-state index is 0.0632. The Bertz CT molecular complexity index is 1360. The summed E-state index contributed by atoms with van der Waals surface area (Å²) in [6.45, 7) is 8.85. The molecule has 5 rings (SSSR count). The van der Waals surface area contributed by atoms with Crippen LogP contribution in [0.3, 0.4) is 0 Å². The molecule has 2 aromatic carbocycles. The zero-order valence-electron chi connectivity index (χ0n) is 23.5. The molecule has 6 nitrogen and oxygen atoms in total. The Kier molecular flexibility index (Phi) is 8.12. The van der Waals surface area contributed by atoms with E-state index in [4.69, 9.17) is 4.98 Å². The maximum absolute atomic E-state index is 14.4. The highest BCUT2D eigenvalue weighted by atomic mass is 19.1. The lowest BCUT2D eigenvalue weighted by atomic mass is 10.1. The van der Waals surface area contributed by atoms with E-state index < -0.39 is 11.6 Å². The molecule has 1 aromatic heterocycles. The first-order valence-electron chi connectivity index (χ1n) is 14.2. The molecule has 1 aliphatic heterocycles. The monoisotopic (exact) mass is 535 g/mol. The van der Waals surface area contributed by atoms with Crippen LogP contribution in [0.25, 0.3) is 11.0 Å². The number of rotatable bonds is 5. The Morgan fingerprint density at radius 3 is 2.38 bits per heavy atom. The topological polar surface area (TPSA) is 53.7 Å². The molecule has 1 saturated carbocycles.